The molecule has 0 radical (unpaired) electrons. The van der Waals surface area contributed by atoms with Crippen molar-refractivity contribution < 1.29 is 17.9 Å². The molecule has 0 fully saturated rings. The molecule has 0 aliphatic carbocycles. The number of rotatable bonds is 7. The summed E-state index contributed by atoms with van der Waals surface area (Å²) in [6, 6.07) is 15.4. The third-order valence-electron chi connectivity index (χ3n) is 7.49. The number of hydrogen-bond acceptors (Lipinski definition) is 6. The molecule has 5 rings (SSSR count). The maximum absolute atomic E-state index is 14.0. The molecule has 2 N–H and O–H groups in total. The van der Waals surface area contributed by atoms with Gasteiger partial charge in [0.1, 0.15) is 5.69 Å². The normalized spacial score (nSPS) is 13.6. The van der Waals surface area contributed by atoms with Crippen LogP contribution in [0.15, 0.2) is 75.4 Å². The summed E-state index contributed by atoms with van der Waals surface area (Å²) in [4.78, 5) is 20.9. The zero-order chi connectivity index (χ0) is 28.4. The summed E-state index contributed by atoms with van der Waals surface area (Å²) in [5.74, 6) is -1.14. The van der Waals surface area contributed by atoms with Gasteiger partial charge in [0, 0.05) is 29.7 Å². The third-order valence-corrected chi connectivity index (χ3v) is 9.30. The Morgan fingerprint density at radius 3 is 2.58 bits per heavy atom. The van der Waals surface area contributed by atoms with E-state index in [2.05, 4.69) is 9.97 Å². The topological polar surface area (TPSA) is 103 Å². The molecule has 1 aliphatic heterocycles. The van der Waals surface area contributed by atoms with Gasteiger partial charge in [-0.15, -0.1) is 0 Å². The number of aromatic amines is 1. The molecule has 0 bridgehead atoms. The Morgan fingerprint density at radius 2 is 1.82 bits per heavy atom. The number of nitrogens with zero attached hydrogens (tertiary/aromatic N) is 2. The Bertz CT molecular complexity index is 1720. The summed E-state index contributed by atoms with van der Waals surface area (Å²) in [7, 11) is -4.41. The molecular formula is C31H32FN3O4S. The molecule has 3 heterocycles. The lowest BCUT2D eigenvalue weighted by Crippen LogP contribution is -2.26. The first-order valence-electron chi connectivity index (χ1n) is 13.5. The van der Waals surface area contributed by atoms with Crippen LogP contribution in [0.2, 0.25) is 0 Å². The average molecular weight is 562 g/mol. The first-order chi connectivity index (χ1) is 19.2. The predicted octanol–water partition coefficient (Wildman–Crippen LogP) is 6.24. The van der Waals surface area contributed by atoms with Gasteiger partial charge in [0.25, 0.3) is 5.56 Å². The van der Waals surface area contributed by atoms with Crippen molar-refractivity contribution in [2.75, 3.05) is 11.4 Å². The molecule has 4 aromatic rings. The highest BCUT2D eigenvalue weighted by atomic mass is 32.2. The fourth-order valence-corrected chi connectivity index (χ4v) is 6.74. The molecule has 1 aliphatic rings. The molecule has 40 heavy (non-hydrogen) atoms. The van der Waals surface area contributed by atoms with Crippen molar-refractivity contribution in [1.29, 1.82) is 0 Å². The van der Waals surface area contributed by atoms with E-state index in [0.29, 0.717) is 41.0 Å². The number of aromatic hydroxyl groups is 1. The van der Waals surface area contributed by atoms with Crippen LogP contribution in [0.3, 0.4) is 0 Å². The average Bonchev–Trinajstić information content (AvgIpc) is 3.16. The molecule has 9 heteroatoms. The van der Waals surface area contributed by atoms with Gasteiger partial charge in [-0.25, -0.2) is 13.4 Å². The highest BCUT2D eigenvalue weighted by Gasteiger charge is 2.32. The van der Waals surface area contributed by atoms with Gasteiger partial charge < -0.3 is 15.0 Å². The molecule has 2 aromatic carbocycles. The van der Waals surface area contributed by atoms with Crippen LogP contribution in [0.5, 0.6) is 5.75 Å². The number of halogens is 1. The highest BCUT2D eigenvalue weighted by Crippen LogP contribution is 2.42. The first-order valence-corrected chi connectivity index (χ1v) is 15.0. The van der Waals surface area contributed by atoms with E-state index < -0.39 is 32.0 Å². The number of para-hydroxylation sites is 1. The third kappa shape index (κ3) is 5.01. The Hall–Kier alpha value is -3.98. The van der Waals surface area contributed by atoms with Gasteiger partial charge >= 0.3 is 0 Å². The van der Waals surface area contributed by atoms with Crippen molar-refractivity contribution in [2.24, 2.45) is 0 Å². The SMILES string of the molecule is CCCCc1[nH]c(=O)c(S(=O)(=O)c2ccc(-c3ccnc(F)c3C)cc2)c(O)c1N1CCCCc2ccccc21. The monoisotopic (exact) mass is 561 g/mol. The fraction of sp³-hybridized carbons (Fsp3) is 0.290. The standard InChI is InChI=1S/C31H32FN3O4S/c1-3-4-11-25-27(35-19-8-7-10-22-9-5-6-12-26(22)35)28(36)29(31(37)34-25)40(38,39)23-15-13-21(14-16-23)24-17-18-33-30(32)20(24)2/h5-6,9,12-18H,3-4,7-8,10-11,19H2,1-2H3,(H2,34,36,37). The molecule has 0 amide bonds. The number of aromatic nitrogens is 2. The van der Waals surface area contributed by atoms with Crippen molar-refractivity contribution >= 4 is 21.2 Å². The number of unbranched alkanes of at least 4 members (excludes halogenated alkanes) is 1. The van der Waals surface area contributed by atoms with Crippen molar-refractivity contribution in [3.63, 3.8) is 0 Å². The number of sulfone groups is 1. The van der Waals surface area contributed by atoms with Gasteiger partial charge in [-0.1, -0.05) is 43.7 Å². The van der Waals surface area contributed by atoms with Crippen LogP contribution in [0.1, 0.15) is 49.4 Å². The fourth-order valence-electron chi connectivity index (χ4n) is 5.36. The molecule has 0 saturated carbocycles. The number of aryl methyl sites for hydroxylation is 2. The van der Waals surface area contributed by atoms with Crippen LogP contribution in [0.25, 0.3) is 11.1 Å². The second-order valence-corrected chi connectivity index (χ2v) is 12.0. The highest BCUT2D eigenvalue weighted by molar-refractivity contribution is 7.91. The van der Waals surface area contributed by atoms with Crippen LogP contribution < -0.4 is 10.5 Å². The number of H-pyrrole nitrogens is 1. The Balaban J connectivity index is 1.65. The predicted molar refractivity (Wildman–Crippen MR) is 154 cm³/mol. The van der Waals surface area contributed by atoms with E-state index in [1.165, 1.54) is 18.3 Å². The second kappa shape index (κ2) is 11.3. The zero-order valence-corrected chi connectivity index (χ0v) is 23.4. The number of nitrogens with one attached hydrogen (secondary N) is 1. The summed E-state index contributed by atoms with van der Waals surface area (Å²) in [6.07, 6.45) is 6.15. The van der Waals surface area contributed by atoms with E-state index in [-0.39, 0.29) is 4.90 Å². The molecular weight excluding hydrogens is 529 g/mol. The Morgan fingerprint density at radius 1 is 1.07 bits per heavy atom. The van der Waals surface area contributed by atoms with Gasteiger partial charge in [-0.2, -0.15) is 4.39 Å². The summed E-state index contributed by atoms with van der Waals surface area (Å²) >= 11 is 0. The molecule has 2 aromatic heterocycles. The van der Waals surface area contributed by atoms with E-state index in [1.54, 1.807) is 25.1 Å². The van der Waals surface area contributed by atoms with Gasteiger partial charge in [0.05, 0.1) is 4.90 Å². The van der Waals surface area contributed by atoms with Gasteiger partial charge in [-0.05, 0) is 80.0 Å². The lowest BCUT2D eigenvalue weighted by molar-refractivity contribution is 0.454. The lowest BCUT2D eigenvalue weighted by atomic mass is 10.0. The van der Waals surface area contributed by atoms with Gasteiger partial charge in [0.15, 0.2) is 10.6 Å². The van der Waals surface area contributed by atoms with Crippen molar-refractivity contribution in [3.8, 4) is 16.9 Å². The molecule has 7 nitrogen and oxygen atoms in total. The number of fused-ring (bicyclic) bond motifs is 1. The molecule has 0 saturated heterocycles. The van der Waals surface area contributed by atoms with Crippen LogP contribution in [0, 0.1) is 12.9 Å². The van der Waals surface area contributed by atoms with Gasteiger partial charge in [0.2, 0.25) is 15.8 Å². The molecule has 0 unspecified atom stereocenters. The quantitative estimate of drug-likeness (QED) is 0.259. The maximum atomic E-state index is 14.0. The number of pyridine rings is 2. The van der Waals surface area contributed by atoms with Crippen LogP contribution in [-0.4, -0.2) is 30.0 Å². The summed E-state index contributed by atoms with van der Waals surface area (Å²) < 4.78 is 41.7. The van der Waals surface area contributed by atoms with Crippen LogP contribution >= 0.6 is 0 Å². The van der Waals surface area contributed by atoms with Crippen LogP contribution in [-0.2, 0) is 22.7 Å². The van der Waals surface area contributed by atoms with Crippen molar-refractivity contribution in [1.82, 2.24) is 9.97 Å². The van der Waals surface area contributed by atoms with Crippen LogP contribution in [0.4, 0.5) is 15.8 Å². The number of anilines is 2. The van der Waals surface area contributed by atoms with Crippen molar-refractivity contribution in [2.45, 2.75) is 62.2 Å². The minimum Gasteiger partial charge on any atom is -0.504 e. The summed E-state index contributed by atoms with van der Waals surface area (Å²) in [6.45, 7) is 4.21. The Kier molecular flexibility index (Phi) is 7.76. The maximum Gasteiger partial charge on any atom is 0.271 e. The smallest absolute Gasteiger partial charge is 0.271 e. The van der Waals surface area contributed by atoms with E-state index in [9.17, 15) is 22.7 Å². The van der Waals surface area contributed by atoms with E-state index in [0.717, 1.165) is 43.4 Å². The number of benzene rings is 2. The van der Waals surface area contributed by atoms with Gasteiger partial charge in [-0.3, -0.25) is 4.79 Å². The lowest BCUT2D eigenvalue weighted by Gasteiger charge is -2.28. The van der Waals surface area contributed by atoms with E-state index >= 15 is 0 Å². The Labute approximate surface area is 233 Å². The summed E-state index contributed by atoms with van der Waals surface area (Å²) in [5.41, 5.74) is 3.53. The second-order valence-electron chi connectivity index (χ2n) is 10.1. The largest absolute Gasteiger partial charge is 0.504 e. The minimum atomic E-state index is -4.41. The molecule has 0 spiro atoms. The molecule has 208 valence electrons. The molecule has 0 atom stereocenters. The first kappa shape index (κ1) is 27.6. The minimum absolute atomic E-state index is 0.146. The number of hydrogen-bond donors (Lipinski definition) is 2. The summed E-state index contributed by atoms with van der Waals surface area (Å²) in [5, 5.41) is 11.6. The van der Waals surface area contributed by atoms with Crippen molar-refractivity contribution in [3.05, 3.63) is 93.9 Å². The zero-order valence-electron chi connectivity index (χ0n) is 22.6. The van der Waals surface area contributed by atoms with E-state index in [4.69, 9.17) is 0 Å². The van der Waals surface area contributed by atoms with E-state index in [1.807, 2.05) is 36.1 Å².